The first-order valence-corrected chi connectivity index (χ1v) is 5.80. The van der Waals surface area contributed by atoms with Crippen LogP contribution in [0.15, 0.2) is 23.2 Å². The number of sulfone groups is 1. The van der Waals surface area contributed by atoms with E-state index in [1.807, 2.05) is 22.6 Å². The minimum Gasteiger partial charge on any atom is -0.230 e. The largest absolute Gasteiger partial charge is 0.230 e. The summed E-state index contributed by atoms with van der Waals surface area (Å²) in [6, 6.07) is 4.90. The molecule has 1 aromatic rings. The molecule has 0 N–H and O–H groups in total. The van der Waals surface area contributed by atoms with E-state index in [-0.39, 0.29) is 5.03 Å². The van der Waals surface area contributed by atoms with Gasteiger partial charge in [0.1, 0.15) is 3.70 Å². The third-order valence-electron chi connectivity index (χ3n) is 1.07. The van der Waals surface area contributed by atoms with Crippen molar-refractivity contribution in [1.29, 1.82) is 0 Å². The molecule has 0 aromatic carbocycles. The molecule has 0 atom stereocenters. The molecular weight excluding hydrogens is 277 g/mol. The fraction of sp³-hybridized carbons (Fsp3) is 0.167. The van der Waals surface area contributed by atoms with Crippen LogP contribution in [0.4, 0.5) is 0 Å². The van der Waals surface area contributed by atoms with Gasteiger partial charge in [-0.1, -0.05) is 6.07 Å². The number of pyridine rings is 1. The second-order valence-corrected chi connectivity index (χ2v) is 5.14. The Balaban J connectivity index is 3.28. The zero-order valence-corrected chi connectivity index (χ0v) is 8.76. The van der Waals surface area contributed by atoms with Crippen molar-refractivity contribution < 1.29 is 8.42 Å². The first kappa shape index (κ1) is 8.92. The highest BCUT2D eigenvalue weighted by Crippen LogP contribution is 2.07. The molecule has 0 aliphatic heterocycles. The summed E-state index contributed by atoms with van der Waals surface area (Å²) >= 11 is 1.97. The standard InChI is InChI=1S/C6H6INO2S/c1-11(9,10)6-4-2-3-5(7)8-6/h2-4H,1H3. The fourth-order valence-corrected chi connectivity index (χ4v) is 1.82. The molecule has 5 heteroatoms. The summed E-state index contributed by atoms with van der Waals surface area (Å²) in [6.45, 7) is 0. The molecule has 0 bridgehead atoms. The van der Waals surface area contributed by atoms with E-state index in [1.165, 1.54) is 6.07 Å². The van der Waals surface area contributed by atoms with Gasteiger partial charge >= 0.3 is 0 Å². The van der Waals surface area contributed by atoms with Crippen LogP contribution in [-0.4, -0.2) is 19.7 Å². The summed E-state index contributed by atoms with van der Waals surface area (Å²) < 4.78 is 22.5. The Morgan fingerprint density at radius 1 is 1.45 bits per heavy atom. The molecular formula is C6H6INO2S. The number of rotatable bonds is 1. The molecule has 1 aromatic heterocycles. The van der Waals surface area contributed by atoms with Crippen LogP contribution in [0.1, 0.15) is 0 Å². The number of aromatic nitrogens is 1. The van der Waals surface area contributed by atoms with Gasteiger partial charge in [-0.25, -0.2) is 13.4 Å². The van der Waals surface area contributed by atoms with Crippen molar-refractivity contribution in [3.05, 3.63) is 21.9 Å². The number of hydrogen-bond acceptors (Lipinski definition) is 3. The van der Waals surface area contributed by atoms with Gasteiger partial charge in [-0.05, 0) is 34.7 Å². The zero-order chi connectivity index (χ0) is 8.48. The van der Waals surface area contributed by atoms with Gasteiger partial charge in [-0.2, -0.15) is 0 Å². The normalized spacial score (nSPS) is 11.5. The molecule has 0 amide bonds. The summed E-state index contributed by atoms with van der Waals surface area (Å²) in [5.74, 6) is 0. The summed E-state index contributed by atoms with van der Waals surface area (Å²) in [6.07, 6.45) is 1.14. The lowest BCUT2D eigenvalue weighted by atomic mass is 10.5. The number of hydrogen-bond donors (Lipinski definition) is 0. The van der Waals surface area contributed by atoms with Gasteiger partial charge in [0.25, 0.3) is 0 Å². The molecule has 0 radical (unpaired) electrons. The quantitative estimate of drug-likeness (QED) is 0.572. The lowest BCUT2D eigenvalue weighted by Crippen LogP contribution is -2.00. The first-order valence-electron chi connectivity index (χ1n) is 2.83. The Morgan fingerprint density at radius 3 is 2.45 bits per heavy atom. The summed E-state index contributed by atoms with van der Waals surface area (Å²) in [5.41, 5.74) is 0. The molecule has 1 heterocycles. The van der Waals surface area contributed by atoms with E-state index in [4.69, 9.17) is 0 Å². The molecule has 11 heavy (non-hydrogen) atoms. The van der Waals surface area contributed by atoms with Crippen LogP contribution in [0.5, 0.6) is 0 Å². The van der Waals surface area contributed by atoms with Crippen LogP contribution >= 0.6 is 22.6 Å². The first-order chi connectivity index (χ1) is 5.00. The summed E-state index contributed by atoms with van der Waals surface area (Å²) in [4.78, 5) is 3.84. The van der Waals surface area contributed by atoms with Crippen LogP contribution in [0.3, 0.4) is 0 Å². The average molecular weight is 283 g/mol. The van der Waals surface area contributed by atoms with E-state index in [0.29, 0.717) is 3.70 Å². The number of halogens is 1. The highest BCUT2D eigenvalue weighted by Gasteiger charge is 2.07. The van der Waals surface area contributed by atoms with Gasteiger partial charge in [-0.3, -0.25) is 0 Å². The molecule has 0 aliphatic carbocycles. The van der Waals surface area contributed by atoms with Crippen molar-refractivity contribution in [2.75, 3.05) is 6.26 Å². The lowest BCUT2D eigenvalue weighted by Gasteiger charge is -1.95. The van der Waals surface area contributed by atoms with Gasteiger partial charge in [0.2, 0.25) is 0 Å². The van der Waals surface area contributed by atoms with E-state index in [9.17, 15) is 8.42 Å². The smallest absolute Gasteiger partial charge is 0.192 e. The predicted octanol–water partition coefficient (Wildman–Crippen LogP) is 1.09. The second-order valence-electron chi connectivity index (χ2n) is 2.07. The minimum atomic E-state index is -3.14. The van der Waals surface area contributed by atoms with E-state index >= 15 is 0 Å². The molecule has 0 saturated heterocycles. The van der Waals surface area contributed by atoms with Crippen LogP contribution < -0.4 is 0 Å². The van der Waals surface area contributed by atoms with Crippen molar-refractivity contribution in [1.82, 2.24) is 4.98 Å². The third-order valence-corrected chi connectivity index (χ3v) is 2.66. The molecule has 0 aliphatic rings. The van der Waals surface area contributed by atoms with Gasteiger partial charge in [0, 0.05) is 6.26 Å². The Labute approximate surface area is 78.9 Å². The van der Waals surface area contributed by atoms with Crippen molar-refractivity contribution in [2.45, 2.75) is 5.03 Å². The van der Waals surface area contributed by atoms with Crippen LogP contribution in [-0.2, 0) is 9.84 Å². The zero-order valence-electron chi connectivity index (χ0n) is 5.78. The van der Waals surface area contributed by atoms with Crippen molar-refractivity contribution >= 4 is 32.4 Å². The topological polar surface area (TPSA) is 47.0 Å². The van der Waals surface area contributed by atoms with Crippen molar-refractivity contribution in [3.63, 3.8) is 0 Å². The van der Waals surface area contributed by atoms with Gasteiger partial charge < -0.3 is 0 Å². The SMILES string of the molecule is CS(=O)(=O)c1cccc(I)n1. The maximum atomic E-state index is 10.9. The molecule has 1 rings (SSSR count). The molecule has 60 valence electrons. The lowest BCUT2D eigenvalue weighted by molar-refractivity contribution is 0.598. The van der Waals surface area contributed by atoms with E-state index in [0.717, 1.165) is 6.26 Å². The predicted molar refractivity (Wildman–Crippen MR) is 50.1 cm³/mol. The fourth-order valence-electron chi connectivity index (χ4n) is 0.596. The maximum Gasteiger partial charge on any atom is 0.192 e. The Bertz CT molecular complexity index is 361. The second kappa shape index (κ2) is 3.06. The third kappa shape index (κ3) is 2.41. The number of nitrogens with zero attached hydrogens (tertiary/aromatic N) is 1. The maximum absolute atomic E-state index is 10.9. The minimum absolute atomic E-state index is 0.129. The van der Waals surface area contributed by atoms with Gasteiger partial charge in [0.15, 0.2) is 14.9 Å². The van der Waals surface area contributed by atoms with Gasteiger partial charge in [0.05, 0.1) is 0 Å². The van der Waals surface area contributed by atoms with E-state index < -0.39 is 9.84 Å². The van der Waals surface area contributed by atoms with Crippen molar-refractivity contribution in [3.8, 4) is 0 Å². The molecule has 0 spiro atoms. The molecule has 3 nitrogen and oxygen atoms in total. The van der Waals surface area contributed by atoms with E-state index in [1.54, 1.807) is 12.1 Å². The average Bonchev–Trinajstić information content (AvgIpc) is 1.86. The highest BCUT2D eigenvalue weighted by atomic mass is 127. The van der Waals surface area contributed by atoms with Crippen LogP contribution in [0.2, 0.25) is 0 Å². The molecule has 0 fully saturated rings. The van der Waals surface area contributed by atoms with Crippen LogP contribution in [0, 0.1) is 3.70 Å². The molecule has 0 saturated carbocycles. The monoisotopic (exact) mass is 283 g/mol. The van der Waals surface area contributed by atoms with E-state index in [2.05, 4.69) is 4.98 Å². The Morgan fingerprint density at radius 2 is 2.09 bits per heavy atom. The van der Waals surface area contributed by atoms with Gasteiger partial charge in [-0.15, -0.1) is 0 Å². The summed E-state index contributed by atoms with van der Waals surface area (Å²) in [7, 11) is -3.14. The summed E-state index contributed by atoms with van der Waals surface area (Å²) in [5, 5.41) is 0.129. The highest BCUT2D eigenvalue weighted by molar-refractivity contribution is 14.1. The van der Waals surface area contributed by atoms with Crippen molar-refractivity contribution in [2.24, 2.45) is 0 Å². The Kier molecular flexibility index (Phi) is 2.48. The Hall–Kier alpha value is -0.170. The molecule has 0 unspecified atom stereocenters. The van der Waals surface area contributed by atoms with Crippen LogP contribution in [0.25, 0.3) is 0 Å².